The summed E-state index contributed by atoms with van der Waals surface area (Å²) in [6.07, 6.45) is 9.46. The first kappa shape index (κ1) is 15.8. The fraction of sp³-hybridized carbons (Fsp3) is 0.938. The molecule has 116 valence electrons. The topological polar surface area (TPSA) is 62.3 Å². The highest BCUT2D eigenvalue weighted by Gasteiger charge is 2.40. The minimum atomic E-state index is 0.157. The van der Waals surface area contributed by atoms with Gasteiger partial charge in [0.1, 0.15) is 0 Å². The second kappa shape index (κ2) is 6.90. The monoisotopic (exact) mass is 281 g/mol. The Labute approximate surface area is 123 Å². The third kappa shape index (κ3) is 3.95. The maximum Gasteiger partial charge on any atom is 0.0918 e. The summed E-state index contributed by atoms with van der Waals surface area (Å²) in [6.45, 7) is 6.31. The summed E-state index contributed by atoms with van der Waals surface area (Å²) in [5.41, 5.74) is 5.70. The maximum atomic E-state index is 7.46. The van der Waals surface area contributed by atoms with E-state index in [0.717, 1.165) is 19.6 Å². The lowest BCUT2D eigenvalue weighted by Gasteiger charge is -2.47. The zero-order chi connectivity index (χ0) is 14.6. The van der Waals surface area contributed by atoms with Crippen molar-refractivity contribution in [1.82, 2.24) is 4.90 Å². The van der Waals surface area contributed by atoms with Crippen molar-refractivity contribution in [3.05, 3.63) is 0 Å². The maximum absolute atomic E-state index is 7.46. The Kier molecular flexibility index (Phi) is 5.44. The molecule has 0 radical (unpaired) electrons. The molecule has 20 heavy (non-hydrogen) atoms. The van der Waals surface area contributed by atoms with Crippen LogP contribution in [0.4, 0.5) is 0 Å². The van der Waals surface area contributed by atoms with E-state index < -0.39 is 0 Å². The smallest absolute Gasteiger partial charge is 0.0918 e. The molecule has 0 bridgehead atoms. The number of nitrogens with one attached hydrogen (secondary N) is 1. The Morgan fingerprint density at radius 3 is 2.65 bits per heavy atom. The molecule has 1 saturated carbocycles. The summed E-state index contributed by atoms with van der Waals surface area (Å²) < 4.78 is 6.20. The van der Waals surface area contributed by atoms with Crippen LogP contribution in [0.15, 0.2) is 0 Å². The Hall–Kier alpha value is -0.610. The highest BCUT2D eigenvalue weighted by molar-refractivity contribution is 5.76. The number of rotatable bonds is 5. The van der Waals surface area contributed by atoms with Crippen LogP contribution in [-0.2, 0) is 4.74 Å². The van der Waals surface area contributed by atoms with Crippen LogP contribution >= 0.6 is 0 Å². The first-order valence-electron chi connectivity index (χ1n) is 8.25. The van der Waals surface area contributed by atoms with Crippen molar-refractivity contribution < 1.29 is 4.74 Å². The van der Waals surface area contributed by atoms with Gasteiger partial charge in [-0.25, -0.2) is 0 Å². The summed E-state index contributed by atoms with van der Waals surface area (Å²) in [6, 6.07) is 1.11. The van der Waals surface area contributed by atoms with Crippen molar-refractivity contribution in [3.63, 3.8) is 0 Å². The molecular formula is C16H31N3O. The lowest BCUT2D eigenvalue weighted by molar-refractivity contribution is -0.126. The molecule has 2 rings (SSSR count). The zero-order valence-electron chi connectivity index (χ0n) is 13.2. The zero-order valence-corrected chi connectivity index (χ0v) is 13.2. The van der Waals surface area contributed by atoms with Crippen molar-refractivity contribution in [3.8, 4) is 0 Å². The van der Waals surface area contributed by atoms with Crippen molar-refractivity contribution in [2.45, 2.75) is 82.9 Å². The van der Waals surface area contributed by atoms with E-state index in [2.05, 4.69) is 18.7 Å². The quantitative estimate of drug-likeness (QED) is 0.601. The van der Waals surface area contributed by atoms with Gasteiger partial charge < -0.3 is 10.5 Å². The number of hydrogen-bond acceptors (Lipinski definition) is 3. The number of hydrogen-bond donors (Lipinski definition) is 2. The van der Waals surface area contributed by atoms with Gasteiger partial charge in [0.2, 0.25) is 0 Å². The standard InChI is InChI=1S/C16H31N3O/c1-13(2)19(10-6-15(17)18)14-7-11-20-16(12-14)8-4-3-5-9-16/h13-14H,3-12H2,1-2H3,(H3,17,18). The van der Waals surface area contributed by atoms with Crippen molar-refractivity contribution >= 4 is 5.84 Å². The SMILES string of the molecule is CC(C)N(CCC(=N)N)C1CCOC2(CCCCC2)C1. The summed E-state index contributed by atoms with van der Waals surface area (Å²) in [5, 5.41) is 7.46. The summed E-state index contributed by atoms with van der Waals surface area (Å²) in [5.74, 6) is 0.301. The van der Waals surface area contributed by atoms with E-state index in [4.69, 9.17) is 15.9 Å². The molecule has 2 aliphatic rings. The molecule has 0 aromatic carbocycles. The molecule has 1 aliphatic heterocycles. The van der Waals surface area contributed by atoms with Gasteiger partial charge in [0.25, 0.3) is 0 Å². The number of nitrogens with zero attached hydrogens (tertiary/aromatic N) is 1. The van der Waals surface area contributed by atoms with E-state index in [1.165, 1.54) is 38.5 Å². The number of ether oxygens (including phenoxy) is 1. The summed E-state index contributed by atoms with van der Waals surface area (Å²) in [7, 11) is 0. The fourth-order valence-electron chi connectivity index (χ4n) is 3.94. The molecule has 1 atom stereocenters. The van der Waals surface area contributed by atoms with Gasteiger partial charge in [-0.3, -0.25) is 10.3 Å². The second-order valence-electron chi connectivity index (χ2n) is 6.85. The van der Waals surface area contributed by atoms with Gasteiger partial charge in [0, 0.05) is 31.7 Å². The largest absolute Gasteiger partial charge is 0.388 e. The van der Waals surface area contributed by atoms with Crippen LogP contribution in [0.25, 0.3) is 0 Å². The van der Waals surface area contributed by atoms with Gasteiger partial charge in [0.15, 0.2) is 0 Å². The molecule has 2 fully saturated rings. The second-order valence-corrected chi connectivity index (χ2v) is 6.85. The Morgan fingerprint density at radius 2 is 2.05 bits per heavy atom. The van der Waals surface area contributed by atoms with E-state index in [9.17, 15) is 0 Å². The van der Waals surface area contributed by atoms with Gasteiger partial charge in [-0.1, -0.05) is 19.3 Å². The Balaban J connectivity index is 1.98. The van der Waals surface area contributed by atoms with Gasteiger partial charge in [-0.2, -0.15) is 0 Å². The average molecular weight is 281 g/mol. The van der Waals surface area contributed by atoms with Crippen LogP contribution in [0, 0.1) is 5.41 Å². The normalized spacial score (nSPS) is 26.3. The van der Waals surface area contributed by atoms with Crippen molar-refractivity contribution in [2.75, 3.05) is 13.2 Å². The predicted molar refractivity (Wildman–Crippen MR) is 83.2 cm³/mol. The Morgan fingerprint density at radius 1 is 1.35 bits per heavy atom. The fourth-order valence-corrected chi connectivity index (χ4v) is 3.94. The highest BCUT2D eigenvalue weighted by atomic mass is 16.5. The van der Waals surface area contributed by atoms with Crippen LogP contribution in [-0.4, -0.2) is 41.6 Å². The van der Waals surface area contributed by atoms with Gasteiger partial charge in [0.05, 0.1) is 11.4 Å². The molecule has 1 aliphatic carbocycles. The highest BCUT2D eigenvalue weighted by Crippen LogP contribution is 2.40. The third-order valence-electron chi connectivity index (χ3n) is 5.00. The minimum absolute atomic E-state index is 0.157. The molecule has 1 heterocycles. The van der Waals surface area contributed by atoms with Crippen molar-refractivity contribution in [1.29, 1.82) is 5.41 Å². The van der Waals surface area contributed by atoms with E-state index in [0.29, 0.717) is 24.3 Å². The minimum Gasteiger partial charge on any atom is -0.388 e. The molecule has 3 N–H and O–H groups in total. The molecule has 4 nitrogen and oxygen atoms in total. The predicted octanol–water partition coefficient (Wildman–Crippen LogP) is 2.90. The van der Waals surface area contributed by atoms with E-state index in [1.54, 1.807) is 0 Å². The molecule has 1 spiro atoms. The van der Waals surface area contributed by atoms with Crippen LogP contribution in [0.5, 0.6) is 0 Å². The molecule has 0 amide bonds. The molecule has 4 heteroatoms. The lowest BCUT2D eigenvalue weighted by atomic mass is 9.77. The van der Waals surface area contributed by atoms with E-state index in [-0.39, 0.29) is 5.60 Å². The summed E-state index contributed by atoms with van der Waals surface area (Å²) in [4.78, 5) is 2.54. The van der Waals surface area contributed by atoms with Crippen LogP contribution in [0.1, 0.15) is 65.2 Å². The molecular weight excluding hydrogens is 250 g/mol. The molecule has 0 aromatic rings. The van der Waals surface area contributed by atoms with Crippen molar-refractivity contribution in [2.24, 2.45) is 5.73 Å². The van der Waals surface area contributed by atoms with Gasteiger partial charge in [-0.05, 0) is 39.5 Å². The number of nitrogens with two attached hydrogens (primary N) is 1. The molecule has 1 saturated heterocycles. The molecule has 1 unspecified atom stereocenters. The van der Waals surface area contributed by atoms with Gasteiger partial charge in [-0.15, -0.1) is 0 Å². The van der Waals surface area contributed by atoms with E-state index >= 15 is 0 Å². The lowest BCUT2D eigenvalue weighted by Crippen LogP contribution is -2.52. The number of amidine groups is 1. The van der Waals surface area contributed by atoms with Crippen LogP contribution in [0.3, 0.4) is 0 Å². The van der Waals surface area contributed by atoms with Crippen LogP contribution < -0.4 is 5.73 Å². The van der Waals surface area contributed by atoms with E-state index in [1.807, 2.05) is 0 Å². The average Bonchev–Trinajstić information content (AvgIpc) is 2.39. The van der Waals surface area contributed by atoms with Crippen LogP contribution in [0.2, 0.25) is 0 Å². The summed E-state index contributed by atoms with van der Waals surface area (Å²) >= 11 is 0. The van der Waals surface area contributed by atoms with Gasteiger partial charge >= 0.3 is 0 Å². The molecule has 0 aromatic heterocycles. The first-order valence-corrected chi connectivity index (χ1v) is 8.25. The Bertz CT molecular complexity index is 318. The first-order chi connectivity index (χ1) is 9.52. The third-order valence-corrected chi connectivity index (χ3v) is 5.00.